The number of hydrogen-bond acceptors (Lipinski definition) is 3. The molecule has 1 aliphatic rings. The third kappa shape index (κ3) is 4.48. The Hall–Kier alpha value is -0.810. The first-order chi connectivity index (χ1) is 7.26. The molecule has 0 radical (unpaired) electrons. The zero-order valence-electron chi connectivity index (χ0n) is 9.41. The third-order valence-electron chi connectivity index (χ3n) is 2.46. The molecule has 0 aromatic rings. The minimum absolute atomic E-state index is 0.0809. The van der Waals surface area contributed by atoms with Gasteiger partial charge in [-0.2, -0.15) is 0 Å². The number of nitrogens with one attached hydrogen (secondary N) is 2. The van der Waals surface area contributed by atoms with Crippen molar-refractivity contribution in [3.8, 4) is 0 Å². The fourth-order valence-electron chi connectivity index (χ4n) is 1.52. The van der Waals surface area contributed by atoms with Crippen molar-refractivity contribution in [3.05, 3.63) is 0 Å². The van der Waals surface area contributed by atoms with Crippen molar-refractivity contribution in [3.63, 3.8) is 0 Å². The lowest BCUT2D eigenvalue weighted by Crippen LogP contribution is -2.47. The molecule has 1 saturated heterocycles. The van der Waals surface area contributed by atoms with Crippen molar-refractivity contribution in [2.24, 2.45) is 0 Å². The first-order valence-electron chi connectivity index (χ1n) is 5.40. The number of urea groups is 1. The van der Waals surface area contributed by atoms with Gasteiger partial charge in [0.2, 0.25) is 0 Å². The van der Waals surface area contributed by atoms with E-state index in [1.54, 1.807) is 7.11 Å². The standard InChI is InChI=1S/C10H20N2O3/c1-3-8(6-14-2)11-10(13)12-9-4-5-15-7-9/h8-9H,3-7H2,1-2H3,(H2,11,12,13). The SMILES string of the molecule is CCC(COC)NC(=O)NC1CCOC1. The van der Waals surface area contributed by atoms with Gasteiger partial charge in [-0.05, 0) is 12.8 Å². The number of hydrogen-bond donors (Lipinski definition) is 2. The molecule has 0 bridgehead atoms. The summed E-state index contributed by atoms with van der Waals surface area (Å²) in [5.41, 5.74) is 0. The Bertz CT molecular complexity index is 193. The third-order valence-corrected chi connectivity index (χ3v) is 2.46. The number of ether oxygens (including phenoxy) is 2. The van der Waals surface area contributed by atoms with Gasteiger partial charge >= 0.3 is 6.03 Å². The Kier molecular flexibility index (Phi) is 5.42. The van der Waals surface area contributed by atoms with E-state index in [0.717, 1.165) is 19.4 Å². The maximum absolute atomic E-state index is 11.5. The summed E-state index contributed by atoms with van der Waals surface area (Å²) in [5, 5.41) is 5.74. The molecule has 0 spiro atoms. The van der Waals surface area contributed by atoms with Crippen molar-refractivity contribution < 1.29 is 14.3 Å². The highest BCUT2D eigenvalue weighted by Crippen LogP contribution is 2.02. The second-order valence-electron chi connectivity index (χ2n) is 3.74. The van der Waals surface area contributed by atoms with Crippen LogP contribution in [0, 0.1) is 0 Å². The van der Waals surface area contributed by atoms with Crippen LogP contribution in [0.5, 0.6) is 0 Å². The molecule has 1 fully saturated rings. The number of carbonyl (C=O) groups excluding carboxylic acids is 1. The number of rotatable bonds is 5. The van der Waals surface area contributed by atoms with Gasteiger partial charge in [-0.1, -0.05) is 6.92 Å². The van der Waals surface area contributed by atoms with Crippen LogP contribution in [0.1, 0.15) is 19.8 Å². The van der Waals surface area contributed by atoms with E-state index in [9.17, 15) is 4.79 Å². The van der Waals surface area contributed by atoms with Gasteiger partial charge in [-0.3, -0.25) is 0 Å². The van der Waals surface area contributed by atoms with E-state index in [0.29, 0.717) is 13.2 Å². The average molecular weight is 216 g/mol. The fraction of sp³-hybridized carbons (Fsp3) is 0.900. The van der Waals surface area contributed by atoms with Gasteiger partial charge in [-0.15, -0.1) is 0 Å². The number of methoxy groups -OCH3 is 1. The highest BCUT2D eigenvalue weighted by molar-refractivity contribution is 5.74. The number of amides is 2. The molecule has 88 valence electrons. The van der Waals surface area contributed by atoms with Crippen molar-refractivity contribution in [2.45, 2.75) is 31.8 Å². The summed E-state index contributed by atoms with van der Waals surface area (Å²) in [6.45, 7) is 3.92. The predicted octanol–water partition coefficient (Wildman–Crippen LogP) is 0.500. The first-order valence-corrected chi connectivity index (χ1v) is 5.40. The molecule has 1 rings (SSSR count). The minimum Gasteiger partial charge on any atom is -0.383 e. The Labute approximate surface area is 90.5 Å². The summed E-state index contributed by atoms with van der Waals surface area (Å²) in [4.78, 5) is 11.5. The van der Waals surface area contributed by atoms with Crippen LogP contribution in [0.3, 0.4) is 0 Å². The highest BCUT2D eigenvalue weighted by atomic mass is 16.5. The van der Waals surface area contributed by atoms with Crippen LogP contribution in [0.2, 0.25) is 0 Å². The quantitative estimate of drug-likeness (QED) is 0.703. The molecule has 2 atom stereocenters. The molecular weight excluding hydrogens is 196 g/mol. The molecule has 2 amide bonds. The first kappa shape index (κ1) is 12.3. The predicted molar refractivity (Wildman–Crippen MR) is 56.8 cm³/mol. The Balaban J connectivity index is 2.20. The van der Waals surface area contributed by atoms with E-state index in [1.807, 2.05) is 6.92 Å². The van der Waals surface area contributed by atoms with Gasteiger partial charge in [0.25, 0.3) is 0 Å². The molecule has 1 heterocycles. The molecule has 5 heteroatoms. The average Bonchev–Trinajstić information content (AvgIpc) is 2.69. The molecule has 5 nitrogen and oxygen atoms in total. The normalized spacial score (nSPS) is 22.4. The smallest absolute Gasteiger partial charge is 0.315 e. The van der Waals surface area contributed by atoms with Gasteiger partial charge in [0.15, 0.2) is 0 Å². The largest absolute Gasteiger partial charge is 0.383 e. The van der Waals surface area contributed by atoms with Crippen molar-refractivity contribution >= 4 is 6.03 Å². The van der Waals surface area contributed by atoms with Crippen LogP contribution in [0.15, 0.2) is 0 Å². The van der Waals surface area contributed by atoms with Gasteiger partial charge < -0.3 is 20.1 Å². The van der Waals surface area contributed by atoms with Crippen molar-refractivity contribution in [2.75, 3.05) is 26.9 Å². The molecule has 2 N–H and O–H groups in total. The van der Waals surface area contributed by atoms with Crippen LogP contribution in [-0.4, -0.2) is 45.0 Å². The zero-order chi connectivity index (χ0) is 11.1. The van der Waals surface area contributed by atoms with E-state index in [2.05, 4.69) is 10.6 Å². The lowest BCUT2D eigenvalue weighted by atomic mass is 10.2. The van der Waals surface area contributed by atoms with E-state index < -0.39 is 0 Å². The van der Waals surface area contributed by atoms with Crippen LogP contribution < -0.4 is 10.6 Å². The van der Waals surface area contributed by atoms with Gasteiger partial charge in [0, 0.05) is 13.7 Å². The summed E-state index contributed by atoms with van der Waals surface area (Å²) >= 11 is 0. The van der Waals surface area contributed by atoms with E-state index in [4.69, 9.17) is 9.47 Å². The molecular formula is C10H20N2O3. The van der Waals surface area contributed by atoms with Gasteiger partial charge in [-0.25, -0.2) is 4.79 Å². The van der Waals surface area contributed by atoms with Crippen LogP contribution >= 0.6 is 0 Å². The van der Waals surface area contributed by atoms with Crippen molar-refractivity contribution in [1.82, 2.24) is 10.6 Å². The second-order valence-corrected chi connectivity index (χ2v) is 3.74. The lowest BCUT2D eigenvalue weighted by molar-refractivity contribution is 0.162. The monoisotopic (exact) mass is 216 g/mol. The summed E-state index contributed by atoms with van der Waals surface area (Å²) in [6, 6.07) is 0.108. The van der Waals surface area contributed by atoms with Crippen molar-refractivity contribution in [1.29, 1.82) is 0 Å². The van der Waals surface area contributed by atoms with E-state index in [1.165, 1.54) is 0 Å². The second kappa shape index (κ2) is 6.63. The highest BCUT2D eigenvalue weighted by Gasteiger charge is 2.18. The molecule has 0 aromatic heterocycles. The van der Waals surface area contributed by atoms with Crippen LogP contribution in [-0.2, 0) is 9.47 Å². The lowest BCUT2D eigenvalue weighted by Gasteiger charge is -2.18. The van der Waals surface area contributed by atoms with Gasteiger partial charge in [0.05, 0.1) is 25.3 Å². The maximum atomic E-state index is 11.5. The fourth-order valence-corrected chi connectivity index (χ4v) is 1.52. The molecule has 2 unspecified atom stereocenters. The minimum atomic E-state index is -0.130. The van der Waals surface area contributed by atoms with Crippen LogP contribution in [0.25, 0.3) is 0 Å². The Morgan fingerprint density at radius 2 is 2.47 bits per heavy atom. The summed E-state index contributed by atoms with van der Waals surface area (Å²) in [7, 11) is 1.63. The summed E-state index contributed by atoms with van der Waals surface area (Å²) in [6.07, 6.45) is 1.76. The Morgan fingerprint density at radius 3 is 3.00 bits per heavy atom. The molecule has 0 aliphatic carbocycles. The van der Waals surface area contributed by atoms with E-state index in [-0.39, 0.29) is 18.1 Å². The molecule has 0 saturated carbocycles. The molecule has 1 aliphatic heterocycles. The summed E-state index contributed by atoms with van der Waals surface area (Å²) in [5.74, 6) is 0. The Morgan fingerprint density at radius 1 is 1.67 bits per heavy atom. The van der Waals surface area contributed by atoms with E-state index >= 15 is 0 Å². The molecule has 0 aromatic carbocycles. The summed E-state index contributed by atoms with van der Waals surface area (Å²) < 4.78 is 10.2. The van der Waals surface area contributed by atoms with Gasteiger partial charge in [0.1, 0.15) is 0 Å². The zero-order valence-corrected chi connectivity index (χ0v) is 9.41. The van der Waals surface area contributed by atoms with Crippen LogP contribution in [0.4, 0.5) is 4.79 Å². The molecule has 15 heavy (non-hydrogen) atoms. The number of carbonyl (C=O) groups is 1. The topological polar surface area (TPSA) is 59.6 Å². The maximum Gasteiger partial charge on any atom is 0.315 e.